The average molecular weight is 459 g/mol. The van der Waals surface area contributed by atoms with Crippen LogP contribution in [0, 0.1) is 0 Å². The molecule has 1 aromatic carbocycles. The van der Waals surface area contributed by atoms with Crippen molar-refractivity contribution >= 4 is 50.9 Å². The van der Waals surface area contributed by atoms with Gasteiger partial charge in [-0.1, -0.05) is 48.7 Å². The summed E-state index contributed by atoms with van der Waals surface area (Å²) in [5, 5.41) is 0.831. The van der Waals surface area contributed by atoms with Crippen molar-refractivity contribution < 1.29 is 17.9 Å². The summed E-state index contributed by atoms with van der Waals surface area (Å²) in [5.74, 6) is 0.0131. The minimum Gasteiger partial charge on any atom is -0.482 e. The first-order valence-corrected chi connectivity index (χ1v) is 11.0. The number of benzene rings is 1. The van der Waals surface area contributed by atoms with Gasteiger partial charge in [-0.15, -0.1) is 0 Å². The zero-order valence-electron chi connectivity index (χ0n) is 15.1. The molecule has 0 atom stereocenters. The van der Waals surface area contributed by atoms with Crippen molar-refractivity contribution in [1.82, 2.24) is 13.5 Å². The monoisotopic (exact) mass is 457 g/mol. The van der Waals surface area contributed by atoms with Gasteiger partial charge in [-0.2, -0.15) is 17.0 Å². The topological polar surface area (TPSA) is 70.2 Å². The number of hydrogen-bond acceptors (Lipinski definition) is 4. The molecule has 0 spiro atoms. The maximum atomic E-state index is 12.5. The van der Waals surface area contributed by atoms with E-state index in [4.69, 9.17) is 39.5 Å². The molecule has 1 heterocycles. The number of carbonyl (C=O) groups excluding carboxylic acids is 1. The summed E-state index contributed by atoms with van der Waals surface area (Å²) in [6.07, 6.45) is 0. The van der Waals surface area contributed by atoms with Gasteiger partial charge in [0.15, 0.2) is 6.61 Å². The van der Waals surface area contributed by atoms with E-state index in [1.807, 2.05) is 0 Å². The van der Waals surface area contributed by atoms with Crippen LogP contribution in [-0.4, -0.2) is 73.7 Å². The molecule has 0 saturated carbocycles. The van der Waals surface area contributed by atoms with Crippen LogP contribution in [0.4, 0.5) is 0 Å². The summed E-state index contributed by atoms with van der Waals surface area (Å²) in [7, 11) is -3.49. The van der Waals surface area contributed by atoms with Crippen LogP contribution >= 0.6 is 34.8 Å². The Bertz CT molecular complexity index is 779. The van der Waals surface area contributed by atoms with Gasteiger partial charge in [0.25, 0.3) is 16.1 Å². The third-order valence-electron chi connectivity index (χ3n) is 4.28. The highest BCUT2D eigenvalue weighted by atomic mass is 35.5. The molecule has 11 heteroatoms. The Balaban J connectivity index is 1.91. The standard InChI is InChI=1S/C16H22Cl3N3O4S/c1-3-21(4-2)27(24,25)22-7-5-20(6-8-22)16(23)11-26-15-10-13(18)12(17)9-14(15)19/h9-10H,3-8,11H2,1-2H3. The predicted octanol–water partition coefficient (Wildman–Crippen LogP) is 2.76. The van der Waals surface area contributed by atoms with E-state index in [1.165, 1.54) is 20.7 Å². The fourth-order valence-corrected chi connectivity index (χ4v) is 4.92. The lowest BCUT2D eigenvalue weighted by molar-refractivity contribution is -0.134. The highest BCUT2D eigenvalue weighted by molar-refractivity contribution is 7.86. The normalized spacial score (nSPS) is 16.0. The van der Waals surface area contributed by atoms with E-state index in [1.54, 1.807) is 18.7 Å². The van der Waals surface area contributed by atoms with Gasteiger partial charge in [0.2, 0.25) is 0 Å². The van der Waals surface area contributed by atoms with Gasteiger partial charge in [-0.05, 0) is 6.07 Å². The second-order valence-electron chi connectivity index (χ2n) is 5.86. The molecular weight excluding hydrogens is 437 g/mol. The number of amides is 1. The molecule has 0 aromatic heterocycles. The number of hydrogen-bond donors (Lipinski definition) is 0. The number of halogens is 3. The maximum absolute atomic E-state index is 12.5. The van der Waals surface area contributed by atoms with E-state index in [0.717, 1.165) is 0 Å². The minimum atomic E-state index is -3.49. The molecule has 0 radical (unpaired) electrons. The Kier molecular flexibility index (Phi) is 8.03. The molecule has 1 aliphatic heterocycles. The highest BCUT2D eigenvalue weighted by Gasteiger charge is 2.32. The van der Waals surface area contributed by atoms with E-state index >= 15 is 0 Å². The SMILES string of the molecule is CCN(CC)S(=O)(=O)N1CCN(C(=O)COc2cc(Cl)c(Cl)cc2Cl)CC1. The molecule has 1 fully saturated rings. The first-order chi connectivity index (χ1) is 12.7. The molecule has 0 unspecified atom stereocenters. The summed E-state index contributed by atoms with van der Waals surface area (Å²) in [6.45, 7) is 5.30. The molecule has 7 nitrogen and oxygen atoms in total. The molecule has 1 saturated heterocycles. The number of piperazine rings is 1. The molecule has 27 heavy (non-hydrogen) atoms. The first kappa shape index (κ1) is 22.5. The number of carbonyl (C=O) groups is 1. The van der Waals surface area contributed by atoms with E-state index in [0.29, 0.717) is 31.2 Å². The summed E-state index contributed by atoms with van der Waals surface area (Å²) >= 11 is 17.8. The lowest BCUT2D eigenvalue weighted by atomic mass is 10.3. The zero-order chi connectivity index (χ0) is 20.2. The average Bonchev–Trinajstić information content (AvgIpc) is 2.64. The lowest BCUT2D eigenvalue weighted by Gasteiger charge is -2.36. The molecule has 152 valence electrons. The molecule has 0 bridgehead atoms. The van der Waals surface area contributed by atoms with Gasteiger partial charge in [0.1, 0.15) is 5.75 Å². The van der Waals surface area contributed by atoms with E-state index in [-0.39, 0.29) is 41.4 Å². The van der Waals surface area contributed by atoms with Gasteiger partial charge in [0, 0.05) is 45.3 Å². The summed E-state index contributed by atoms with van der Waals surface area (Å²) in [6, 6.07) is 2.90. The van der Waals surface area contributed by atoms with Crippen molar-refractivity contribution in [3.8, 4) is 5.75 Å². The van der Waals surface area contributed by atoms with Gasteiger partial charge in [-0.25, -0.2) is 0 Å². The molecule has 1 aliphatic rings. The van der Waals surface area contributed by atoms with Gasteiger partial charge in [0.05, 0.1) is 15.1 Å². The molecule has 1 aromatic rings. The second kappa shape index (κ2) is 9.62. The number of rotatable bonds is 7. The van der Waals surface area contributed by atoms with Crippen LogP contribution in [0.1, 0.15) is 13.8 Å². The van der Waals surface area contributed by atoms with Crippen molar-refractivity contribution in [2.24, 2.45) is 0 Å². The van der Waals surface area contributed by atoms with Gasteiger partial charge in [-0.3, -0.25) is 4.79 Å². The fraction of sp³-hybridized carbons (Fsp3) is 0.562. The van der Waals surface area contributed by atoms with Crippen LogP contribution in [0.3, 0.4) is 0 Å². The quantitative estimate of drug-likeness (QED) is 0.589. The zero-order valence-corrected chi connectivity index (χ0v) is 18.2. The highest BCUT2D eigenvalue weighted by Crippen LogP contribution is 2.33. The molecule has 1 amide bonds. The molecule has 2 rings (SSSR count). The van der Waals surface area contributed by atoms with Crippen molar-refractivity contribution in [1.29, 1.82) is 0 Å². The van der Waals surface area contributed by atoms with Crippen molar-refractivity contribution in [3.05, 3.63) is 27.2 Å². The van der Waals surface area contributed by atoms with Crippen molar-refractivity contribution in [3.63, 3.8) is 0 Å². The Morgan fingerprint density at radius 2 is 1.59 bits per heavy atom. The van der Waals surface area contributed by atoms with Crippen LogP contribution < -0.4 is 4.74 Å². The largest absolute Gasteiger partial charge is 0.482 e. The first-order valence-electron chi connectivity index (χ1n) is 8.51. The molecule has 0 aliphatic carbocycles. The van der Waals surface area contributed by atoms with Crippen LogP contribution in [0.15, 0.2) is 12.1 Å². The van der Waals surface area contributed by atoms with Crippen LogP contribution in [-0.2, 0) is 15.0 Å². The molecule has 0 N–H and O–H groups in total. The Labute approximate surface area is 174 Å². The number of ether oxygens (including phenoxy) is 1. The van der Waals surface area contributed by atoms with Crippen molar-refractivity contribution in [2.45, 2.75) is 13.8 Å². The maximum Gasteiger partial charge on any atom is 0.282 e. The third-order valence-corrected chi connectivity index (χ3v) is 7.48. The molecular formula is C16H22Cl3N3O4S. The lowest BCUT2D eigenvalue weighted by Crippen LogP contribution is -2.54. The predicted molar refractivity (Wildman–Crippen MR) is 107 cm³/mol. The van der Waals surface area contributed by atoms with Gasteiger partial charge < -0.3 is 9.64 Å². The Morgan fingerprint density at radius 1 is 1.04 bits per heavy atom. The van der Waals surface area contributed by atoms with E-state index < -0.39 is 10.2 Å². The smallest absolute Gasteiger partial charge is 0.282 e. The Morgan fingerprint density at radius 3 is 2.15 bits per heavy atom. The van der Waals surface area contributed by atoms with Crippen LogP contribution in [0.2, 0.25) is 15.1 Å². The van der Waals surface area contributed by atoms with Crippen LogP contribution in [0.25, 0.3) is 0 Å². The minimum absolute atomic E-state index is 0.222. The fourth-order valence-electron chi connectivity index (χ4n) is 2.73. The summed E-state index contributed by atoms with van der Waals surface area (Å²) in [5.41, 5.74) is 0. The van der Waals surface area contributed by atoms with E-state index in [2.05, 4.69) is 0 Å². The third kappa shape index (κ3) is 5.40. The Hall–Kier alpha value is -0.770. The second-order valence-corrected chi connectivity index (χ2v) is 9.01. The summed E-state index contributed by atoms with van der Waals surface area (Å²) in [4.78, 5) is 13.9. The summed E-state index contributed by atoms with van der Waals surface area (Å²) < 4.78 is 33.3. The van der Waals surface area contributed by atoms with Crippen molar-refractivity contribution in [2.75, 3.05) is 45.9 Å². The van der Waals surface area contributed by atoms with Gasteiger partial charge >= 0.3 is 0 Å². The van der Waals surface area contributed by atoms with Crippen LogP contribution in [0.5, 0.6) is 5.75 Å². The van der Waals surface area contributed by atoms with E-state index in [9.17, 15) is 13.2 Å². The number of nitrogens with zero attached hydrogens (tertiary/aromatic N) is 3.